The van der Waals surface area contributed by atoms with Crippen LogP contribution in [0, 0.1) is 11.3 Å². The van der Waals surface area contributed by atoms with Gasteiger partial charge in [0.15, 0.2) is 0 Å². The number of phenols is 1. The Kier molecular flexibility index (Phi) is 3.94. The summed E-state index contributed by atoms with van der Waals surface area (Å²) in [5, 5.41) is 20.2. The number of carbonyl (C=O) groups excluding carboxylic acids is 1. The van der Waals surface area contributed by atoms with Crippen LogP contribution in [-0.2, 0) is 10.2 Å². The number of nitrogens with zero attached hydrogens (tertiary/aromatic N) is 2. The minimum absolute atomic E-state index is 0.0272. The lowest BCUT2D eigenvalue weighted by Gasteiger charge is -2.40. The summed E-state index contributed by atoms with van der Waals surface area (Å²) < 4.78 is 11.5. The van der Waals surface area contributed by atoms with Crippen molar-refractivity contribution in [3.05, 3.63) is 64.6 Å². The van der Waals surface area contributed by atoms with Crippen LogP contribution in [-0.4, -0.2) is 23.2 Å². The molecule has 3 heterocycles. The Labute approximate surface area is 186 Å². The van der Waals surface area contributed by atoms with Gasteiger partial charge in [0.05, 0.1) is 17.8 Å². The number of rotatable bonds is 2. The minimum Gasteiger partial charge on any atom is -0.508 e. The number of aromatic hydroxyl groups is 1. The number of nitrogens with two attached hydrogens (primary N) is 1. The van der Waals surface area contributed by atoms with Crippen LogP contribution in [0.15, 0.2) is 47.9 Å². The van der Waals surface area contributed by atoms with Crippen LogP contribution >= 0.6 is 0 Å². The van der Waals surface area contributed by atoms with Crippen LogP contribution in [0.1, 0.15) is 44.4 Å². The van der Waals surface area contributed by atoms with E-state index in [1.165, 1.54) is 12.1 Å². The molecule has 3 aliphatic rings. The third-order valence-corrected chi connectivity index (χ3v) is 6.44. The van der Waals surface area contributed by atoms with Crippen molar-refractivity contribution in [3.63, 3.8) is 0 Å². The Bertz CT molecular complexity index is 1320. The minimum atomic E-state index is -1.51. The molecule has 0 aromatic heterocycles. The third-order valence-electron chi connectivity index (χ3n) is 6.44. The van der Waals surface area contributed by atoms with E-state index in [1.807, 2.05) is 45.9 Å². The van der Waals surface area contributed by atoms with Crippen molar-refractivity contribution in [3.8, 4) is 23.3 Å². The molecule has 3 aliphatic heterocycles. The van der Waals surface area contributed by atoms with Crippen molar-refractivity contribution in [2.75, 3.05) is 11.5 Å². The number of ether oxygens (including phenoxy) is 2. The number of phenolic OH excluding ortho intramolecular Hbond substituents is 1. The van der Waals surface area contributed by atoms with Crippen molar-refractivity contribution < 1.29 is 19.4 Å². The highest BCUT2D eigenvalue weighted by molar-refractivity contribution is 6.18. The van der Waals surface area contributed by atoms with Crippen molar-refractivity contribution in [2.45, 2.75) is 38.6 Å². The second-order valence-corrected chi connectivity index (χ2v) is 8.81. The Morgan fingerprint density at radius 3 is 2.69 bits per heavy atom. The second kappa shape index (κ2) is 6.30. The topological polar surface area (TPSA) is 109 Å². The first-order valence-corrected chi connectivity index (χ1v) is 10.4. The van der Waals surface area contributed by atoms with E-state index < -0.39 is 11.0 Å². The molecule has 0 saturated heterocycles. The molecular formula is C25H23N3O4. The zero-order chi connectivity index (χ0) is 23.0. The third kappa shape index (κ3) is 2.27. The van der Waals surface area contributed by atoms with Gasteiger partial charge in [-0.3, -0.25) is 4.79 Å². The predicted molar refractivity (Wildman–Crippen MR) is 119 cm³/mol. The maximum absolute atomic E-state index is 14.4. The first-order valence-electron chi connectivity index (χ1n) is 10.4. The summed E-state index contributed by atoms with van der Waals surface area (Å²) >= 11 is 0. The van der Waals surface area contributed by atoms with E-state index in [1.54, 1.807) is 11.0 Å². The normalized spacial score (nSPS) is 22.2. The SMILES string of the molecule is CCOc1cc2c3c(c1)[C@@]1(C(=O)N3C(C)(C)C=C2C)C(C#N)=C(N)Oc2cc(O)ccc21. The number of carbonyl (C=O) groups is 1. The largest absolute Gasteiger partial charge is 0.508 e. The van der Waals surface area contributed by atoms with Gasteiger partial charge >= 0.3 is 0 Å². The molecule has 5 rings (SSSR count). The number of nitriles is 1. The van der Waals surface area contributed by atoms with Crippen LogP contribution in [0.25, 0.3) is 5.57 Å². The van der Waals surface area contributed by atoms with Gasteiger partial charge in [-0.2, -0.15) is 5.26 Å². The van der Waals surface area contributed by atoms with E-state index >= 15 is 0 Å². The Morgan fingerprint density at radius 2 is 2.00 bits per heavy atom. The molecule has 162 valence electrons. The highest BCUT2D eigenvalue weighted by Crippen LogP contribution is 2.60. The summed E-state index contributed by atoms with van der Waals surface area (Å²) in [4.78, 5) is 16.2. The molecule has 3 N–H and O–H groups in total. The molecule has 0 aliphatic carbocycles. The molecule has 0 radical (unpaired) electrons. The summed E-state index contributed by atoms with van der Waals surface area (Å²) in [6.45, 7) is 8.28. The fourth-order valence-corrected chi connectivity index (χ4v) is 5.33. The molecule has 1 amide bonds. The Balaban J connectivity index is 1.97. The first kappa shape index (κ1) is 20.0. The van der Waals surface area contributed by atoms with E-state index in [0.717, 1.165) is 16.8 Å². The molecule has 0 bridgehead atoms. The molecule has 32 heavy (non-hydrogen) atoms. The average molecular weight is 429 g/mol. The Morgan fingerprint density at radius 1 is 1.25 bits per heavy atom. The van der Waals surface area contributed by atoms with Gasteiger partial charge in [-0.25, -0.2) is 0 Å². The lowest BCUT2D eigenvalue weighted by atomic mass is 9.68. The van der Waals surface area contributed by atoms with Crippen LogP contribution in [0.2, 0.25) is 0 Å². The molecule has 1 spiro atoms. The first-order chi connectivity index (χ1) is 15.2. The standard InChI is InChI=1S/C25H23N3O4/c1-5-31-15-9-16-13(2)11-24(3,4)28-21(16)18(10-15)25(23(28)30)17-7-6-14(29)8-20(17)32-22(27)19(25)12-26/h6-11,29H,5,27H2,1-4H3/t25-/m1/s1. The van der Waals surface area contributed by atoms with Crippen molar-refractivity contribution >= 4 is 17.2 Å². The highest BCUT2D eigenvalue weighted by Gasteiger charge is 2.62. The smallest absolute Gasteiger partial charge is 0.248 e. The number of hydrogen-bond acceptors (Lipinski definition) is 6. The number of anilines is 1. The van der Waals surface area contributed by atoms with Gasteiger partial charge in [0.2, 0.25) is 11.8 Å². The van der Waals surface area contributed by atoms with E-state index in [4.69, 9.17) is 15.2 Å². The molecule has 0 fully saturated rings. The second-order valence-electron chi connectivity index (χ2n) is 8.81. The quantitative estimate of drug-likeness (QED) is 0.753. The summed E-state index contributed by atoms with van der Waals surface area (Å²) in [6, 6.07) is 10.4. The van der Waals surface area contributed by atoms with E-state index in [2.05, 4.69) is 6.07 Å². The number of hydrogen-bond donors (Lipinski definition) is 2. The number of benzene rings is 2. The average Bonchev–Trinajstić information content (AvgIpc) is 2.97. The van der Waals surface area contributed by atoms with Gasteiger partial charge in [-0.15, -0.1) is 0 Å². The summed E-state index contributed by atoms with van der Waals surface area (Å²) in [5.74, 6) is 0.376. The van der Waals surface area contributed by atoms with Crippen molar-refractivity contribution in [1.82, 2.24) is 0 Å². The van der Waals surface area contributed by atoms with Gasteiger partial charge in [0, 0.05) is 22.8 Å². The number of amides is 1. The molecule has 0 unspecified atom stereocenters. The molecule has 7 heteroatoms. The summed E-state index contributed by atoms with van der Waals surface area (Å²) in [5.41, 5.74) is 7.80. The molecule has 0 saturated carbocycles. The lowest BCUT2D eigenvalue weighted by Crippen LogP contribution is -2.53. The van der Waals surface area contributed by atoms with E-state index in [9.17, 15) is 15.2 Å². The van der Waals surface area contributed by atoms with Crippen LogP contribution < -0.4 is 20.1 Å². The van der Waals surface area contributed by atoms with Gasteiger partial charge in [-0.1, -0.05) is 6.08 Å². The van der Waals surface area contributed by atoms with Crippen molar-refractivity contribution in [1.29, 1.82) is 5.26 Å². The highest BCUT2D eigenvalue weighted by atomic mass is 16.5. The van der Waals surface area contributed by atoms with Gasteiger partial charge in [0.1, 0.15) is 34.3 Å². The fourth-order valence-electron chi connectivity index (χ4n) is 5.33. The molecule has 7 nitrogen and oxygen atoms in total. The van der Waals surface area contributed by atoms with Gasteiger partial charge in [0.25, 0.3) is 0 Å². The molecular weight excluding hydrogens is 406 g/mol. The molecule has 1 atom stereocenters. The summed E-state index contributed by atoms with van der Waals surface area (Å²) in [6.07, 6.45) is 2.04. The molecule has 2 aromatic rings. The monoisotopic (exact) mass is 429 g/mol. The van der Waals surface area contributed by atoms with Crippen molar-refractivity contribution in [2.24, 2.45) is 5.73 Å². The van der Waals surface area contributed by atoms with Gasteiger partial charge < -0.3 is 25.2 Å². The number of allylic oxidation sites excluding steroid dienone is 1. The lowest BCUT2D eigenvalue weighted by molar-refractivity contribution is -0.121. The predicted octanol–water partition coefficient (Wildman–Crippen LogP) is 3.71. The van der Waals surface area contributed by atoms with E-state index in [0.29, 0.717) is 23.5 Å². The zero-order valence-corrected chi connectivity index (χ0v) is 18.3. The van der Waals surface area contributed by atoms with E-state index in [-0.39, 0.29) is 28.9 Å². The zero-order valence-electron chi connectivity index (χ0n) is 18.3. The summed E-state index contributed by atoms with van der Waals surface area (Å²) in [7, 11) is 0. The molecule has 2 aromatic carbocycles. The number of fused-ring (bicyclic) bond motifs is 3. The van der Waals surface area contributed by atoms with Gasteiger partial charge in [-0.05, 0) is 57.5 Å². The fraction of sp³-hybridized carbons (Fsp3) is 0.280. The van der Waals surface area contributed by atoms with Crippen LogP contribution in [0.4, 0.5) is 5.69 Å². The van der Waals surface area contributed by atoms with Crippen LogP contribution in [0.3, 0.4) is 0 Å². The maximum Gasteiger partial charge on any atom is 0.248 e. The van der Waals surface area contributed by atoms with Crippen LogP contribution in [0.5, 0.6) is 17.2 Å². The maximum atomic E-state index is 14.4. The Hall–Kier alpha value is -3.92.